The van der Waals surface area contributed by atoms with E-state index >= 15 is 0 Å². The Morgan fingerprint density at radius 1 is 1.15 bits per heavy atom. The number of nitrogens with one attached hydrogen (secondary N) is 4. The zero-order valence-corrected chi connectivity index (χ0v) is 23.4. The average Bonchev–Trinajstić information content (AvgIpc) is 2.83. The van der Waals surface area contributed by atoms with Gasteiger partial charge in [-0.25, -0.2) is 9.59 Å². The summed E-state index contributed by atoms with van der Waals surface area (Å²) in [5.41, 5.74) is 0.141. The van der Waals surface area contributed by atoms with E-state index < -0.39 is 30.7 Å². The molecule has 0 saturated heterocycles. The average molecular weight is 546 g/mol. The molecule has 0 radical (unpaired) electrons. The highest BCUT2D eigenvalue weighted by Crippen LogP contribution is 2.31. The maximum Gasteiger partial charge on any atom is 0.547 e. The Bertz CT molecular complexity index is 995. The minimum Gasteiger partial charge on any atom is -0.534 e. The first-order chi connectivity index (χ1) is 18.4. The molecule has 1 aromatic carbocycles. The van der Waals surface area contributed by atoms with Gasteiger partial charge in [0, 0.05) is 38.1 Å². The first-order valence-corrected chi connectivity index (χ1v) is 13.8. The molecule has 1 aliphatic carbocycles. The third-order valence-corrected chi connectivity index (χ3v) is 6.97. The molecular formula is C27H43BN4O7. The standard InChI is InChI=1S/C27H43BN4O7/c1-17(31-26(36)38-27(2,3)4)16-29-12-13-30-20-10-8-18(9-11-20)14-23(33)32-22-15-19-6-5-7-21(25(34)35)24(19)39-28(22)37/h5-7,17-18,20,22,29-30,37H,8-16H2,1-4H3,(H,31,36)(H,32,33)(H,34,35)/t17-,18-,20-,22-/m0/s1. The molecule has 1 heterocycles. The van der Waals surface area contributed by atoms with Gasteiger partial charge in [-0.2, -0.15) is 0 Å². The minimum atomic E-state index is -1.30. The molecule has 6 N–H and O–H groups in total. The molecule has 2 aliphatic rings. The summed E-state index contributed by atoms with van der Waals surface area (Å²) in [6, 6.07) is 5.19. The van der Waals surface area contributed by atoms with E-state index in [4.69, 9.17) is 9.39 Å². The van der Waals surface area contributed by atoms with Crippen LogP contribution < -0.4 is 25.9 Å². The van der Waals surface area contributed by atoms with E-state index in [0.29, 0.717) is 31.0 Å². The van der Waals surface area contributed by atoms with Crippen molar-refractivity contribution >= 4 is 25.1 Å². The summed E-state index contributed by atoms with van der Waals surface area (Å²) in [7, 11) is -1.30. The highest BCUT2D eigenvalue weighted by Gasteiger charge is 2.38. The number of carbonyl (C=O) groups is 3. The van der Waals surface area contributed by atoms with Crippen molar-refractivity contribution in [2.24, 2.45) is 5.92 Å². The number of carbonyl (C=O) groups excluding carboxylic acids is 2. The summed E-state index contributed by atoms with van der Waals surface area (Å²) < 4.78 is 10.7. The van der Waals surface area contributed by atoms with E-state index in [1.54, 1.807) is 12.1 Å². The molecule has 3 rings (SSSR count). The number of fused-ring (bicyclic) bond motifs is 1. The lowest BCUT2D eigenvalue weighted by atomic mass is 9.72. The molecule has 2 atom stereocenters. The molecular weight excluding hydrogens is 503 g/mol. The molecule has 216 valence electrons. The number of benzene rings is 1. The largest absolute Gasteiger partial charge is 0.547 e. The summed E-state index contributed by atoms with van der Waals surface area (Å²) >= 11 is 0. The van der Waals surface area contributed by atoms with Gasteiger partial charge in [-0.3, -0.25) is 4.79 Å². The zero-order valence-electron chi connectivity index (χ0n) is 23.4. The lowest BCUT2D eigenvalue weighted by Gasteiger charge is -2.31. The van der Waals surface area contributed by atoms with Gasteiger partial charge in [0.2, 0.25) is 5.91 Å². The van der Waals surface area contributed by atoms with Crippen LogP contribution in [0.15, 0.2) is 18.2 Å². The second-order valence-electron chi connectivity index (χ2n) is 11.6. The van der Waals surface area contributed by atoms with Crippen molar-refractivity contribution in [2.75, 3.05) is 19.6 Å². The number of carboxylic acids is 1. The fourth-order valence-electron chi connectivity index (χ4n) is 5.06. The SMILES string of the molecule is C[C@@H](CNCCN[C@H]1CC[C@H](CC(=O)N[C@H]2Cc3cccc(C(=O)O)c3OB2O)CC1)NC(=O)OC(C)(C)C. The highest BCUT2D eigenvalue weighted by atomic mass is 16.6. The summed E-state index contributed by atoms with van der Waals surface area (Å²) in [5.74, 6) is -1.42. The van der Waals surface area contributed by atoms with Crippen molar-refractivity contribution in [1.82, 2.24) is 21.3 Å². The molecule has 1 aliphatic heterocycles. The van der Waals surface area contributed by atoms with Crippen LogP contribution in [-0.4, -0.2) is 78.5 Å². The molecule has 0 unspecified atom stereocenters. The molecule has 1 aromatic rings. The fraction of sp³-hybridized carbons (Fsp3) is 0.667. The van der Waals surface area contributed by atoms with Crippen LogP contribution in [0, 0.1) is 5.92 Å². The molecule has 1 fully saturated rings. The third-order valence-electron chi connectivity index (χ3n) is 6.97. The fourth-order valence-corrected chi connectivity index (χ4v) is 5.06. The van der Waals surface area contributed by atoms with Gasteiger partial charge in [0.15, 0.2) is 0 Å². The van der Waals surface area contributed by atoms with Crippen molar-refractivity contribution in [1.29, 1.82) is 0 Å². The predicted molar refractivity (Wildman–Crippen MR) is 148 cm³/mol. The van der Waals surface area contributed by atoms with Gasteiger partial charge in [0.1, 0.15) is 11.4 Å². The normalized spacial score (nSPS) is 21.8. The van der Waals surface area contributed by atoms with Crippen molar-refractivity contribution < 1.29 is 33.9 Å². The van der Waals surface area contributed by atoms with Crippen molar-refractivity contribution in [2.45, 2.75) is 89.8 Å². The van der Waals surface area contributed by atoms with E-state index in [0.717, 1.165) is 38.8 Å². The summed E-state index contributed by atoms with van der Waals surface area (Å²) in [5, 5.41) is 32.3. The number of rotatable bonds is 11. The van der Waals surface area contributed by atoms with Gasteiger partial charge >= 0.3 is 19.2 Å². The second kappa shape index (κ2) is 14.0. The first kappa shape index (κ1) is 30.7. The van der Waals surface area contributed by atoms with Crippen molar-refractivity contribution in [3.63, 3.8) is 0 Å². The van der Waals surface area contributed by atoms with Gasteiger partial charge in [-0.15, -0.1) is 0 Å². The maximum atomic E-state index is 12.7. The van der Waals surface area contributed by atoms with Gasteiger partial charge in [0.25, 0.3) is 0 Å². The third kappa shape index (κ3) is 10.0. The Morgan fingerprint density at radius 3 is 2.54 bits per heavy atom. The van der Waals surface area contributed by atoms with E-state index in [1.807, 2.05) is 27.7 Å². The molecule has 0 bridgehead atoms. The van der Waals surface area contributed by atoms with E-state index in [2.05, 4.69) is 21.3 Å². The van der Waals surface area contributed by atoms with Gasteiger partial charge in [-0.1, -0.05) is 12.1 Å². The van der Waals surface area contributed by atoms with E-state index in [1.165, 1.54) is 6.07 Å². The van der Waals surface area contributed by atoms with Gasteiger partial charge < -0.3 is 40.8 Å². The van der Waals surface area contributed by atoms with Crippen LogP contribution in [0.5, 0.6) is 5.75 Å². The monoisotopic (exact) mass is 546 g/mol. The number of hydrogen-bond donors (Lipinski definition) is 6. The lowest BCUT2D eigenvalue weighted by molar-refractivity contribution is -0.122. The first-order valence-electron chi connectivity index (χ1n) is 13.8. The summed E-state index contributed by atoms with van der Waals surface area (Å²) in [6.07, 6.45) is 4.17. The van der Waals surface area contributed by atoms with Crippen LogP contribution in [0.4, 0.5) is 4.79 Å². The van der Waals surface area contributed by atoms with Crippen molar-refractivity contribution in [3.8, 4) is 5.75 Å². The molecule has 0 aromatic heterocycles. The van der Waals surface area contributed by atoms with Crippen LogP contribution in [0.2, 0.25) is 0 Å². The van der Waals surface area contributed by atoms with Crippen LogP contribution in [0.3, 0.4) is 0 Å². The van der Waals surface area contributed by atoms with E-state index in [-0.39, 0.29) is 29.2 Å². The number of carboxylic acid groups (broad SMARTS) is 1. The van der Waals surface area contributed by atoms with Crippen LogP contribution in [0.25, 0.3) is 0 Å². The maximum absolute atomic E-state index is 12.7. The Balaban J connectivity index is 1.29. The molecule has 12 heteroatoms. The number of aromatic carboxylic acids is 1. The van der Waals surface area contributed by atoms with Crippen LogP contribution in [-0.2, 0) is 16.0 Å². The van der Waals surface area contributed by atoms with Crippen LogP contribution >= 0.6 is 0 Å². The quantitative estimate of drug-likeness (QED) is 0.180. The Labute approximate surface area is 230 Å². The number of para-hydroxylation sites is 1. The van der Waals surface area contributed by atoms with Crippen LogP contribution in [0.1, 0.15) is 75.7 Å². The Hall–Kier alpha value is -2.83. The summed E-state index contributed by atoms with van der Waals surface area (Å²) in [6.45, 7) is 9.68. The smallest absolute Gasteiger partial charge is 0.534 e. The number of hydrogen-bond acceptors (Lipinski definition) is 8. The van der Waals surface area contributed by atoms with Gasteiger partial charge in [-0.05, 0) is 77.3 Å². The molecule has 1 saturated carbocycles. The highest BCUT2D eigenvalue weighted by molar-refractivity contribution is 6.47. The van der Waals surface area contributed by atoms with Crippen molar-refractivity contribution in [3.05, 3.63) is 29.3 Å². The number of ether oxygens (including phenoxy) is 1. The Morgan fingerprint density at radius 2 is 1.87 bits per heavy atom. The number of amides is 2. The van der Waals surface area contributed by atoms with E-state index in [9.17, 15) is 24.5 Å². The molecule has 0 spiro atoms. The second-order valence-corrected chi connectivity index (χ2v) is 11.6. The van der Waals surface area contributed by atoms with Gasteiger partial charge in [0.05, 0.1) is 11.5 Å². The lowest BCUT2D eigenvalue weighted by Crippen LogP contribution is -2.53. The Kier molecular flexibility index (Phi) is 11.0. The number of alkyl carbamates (subject to hydrolysis) is 1. The zero-order chi connectivity index (χ0) is 28.6. The molecule has 39 heavy (non-hydrogen) atoms. The molecule has 2 amide bonds. The molecule has 11 nitrogen and oxygen atoms in total. The topological polar surface area (TPSA) is 158 Å². The predicted octanol–water partition coefficient (Wildman–Crippen LogP) is 1.87. The minimum absolute atomic E-state index is 0.00207. The summed E-state index contributed by atoms with van der Waals surface area (Å²) in [4.78, 5) is 35.9.